The highest BCUT2D eigenvalue weighted by Crippen LogP contribution is 2.32. The van der Waals surface area contributed by atoms with Crippen LogP contribution in [0.1, 0.15) is 21.5 Å². The molecule has 6 nitrogen and oxygen atoms in total. The van der Waals surface area contributed by atoms with E-state index in [4.69, 9.17) is 14.6 Å². The van der Waals surface area contributed by atoms with Crippen LogP contribution in [0.25, 0.3) is 6.08 Å². The molecule has 2 N–H and O–H groups in total. The van der Waals surface area contributed by atoms with Crippen molar-refractivity contribution in [2.75, 3.05) is 14.2 Å². The first-order valence-corrected chi connectivity index (χ1v) is 8.89. The number of allylic oxidation sites excluding steroid dienone is 1. The number of carbonyl (C=O) groups excluding carboxylic acids is 1. The van der Waals surface area contributed by atoms with Gasteiger partial charge in [-0.25, -0.2) is 13.6 Å². The maximum absolute atomic E-state index is 12.5. The number of rotatable bonds is 6. The van der Waals surface area contributed by atoms with Crippen molar-refractivity contribution in [3.63, 3.8) is 0 Å². The summed E-state index contributed by atoms with van der Waals surface area (Å²) in [5.41, 5.74) is 2.03. The molecule has 0 amide bonds. The Kier molecular flexibility index (Phi) is 5.61. The summed E-state index contributed by atoms with van der Waals surface area (Å²) in [6, 6.07) is 10.1. The molecule has 25 heavy (non-hydrogen) atoms. The van der Waals surface area contributed by atoms with Gasteiger partial charge in [0.15, 0.2) is 5.78 Å². The van der Waals surface area contributed by atoms with Gasteiger partial charge in [0.1, 0.15) is 16.4 Å². The second-order valence-electron chi connectivity index (χ2n) is 5.36. The smallest absolute Gasteiger partial charge is 0.241 e. The first-order chi connectivity index (χ1) is 11.8. The first-order valence-electron chi connectivity index (χ1n) is 7.34. The Labute approximate surface area is 146 Å². The highest BCUT2D eigenvalue weighted by atomic mass is 32.2. The lowest BCUT2D eigenvalue weighted by Crippen LogP contribution is -2.15. The Morgan fingerprint density at radius 1 is 1.04 bits per heavy atom. The molecule has 0 heterocycles. The monoisotopic (exact) mass is 361 g/mol. The third-order valence-corrected chi connectivity index (χ3v) is 4.49. The lowest BCUT2D eigenvalue weighted by Gasteiger charge is -2.12. The van der Waals surface area contributed by atoms with Crippen LogP contribution in [0.4, 0.5) is 0 Å². The van der Waals surface area contributed by atoms with Gasteiger partial charge in [0.2, 0.25) is 10.0 Å². The van der Waals surface area contributed by atoms with E-state index in [1.807, 2.05) is 31.2 Å². The van der Waals surface area contributed by atoms with E-state index in [1.165, 1.54) is 26.4 Å². The minimum atomic E-state index is -4.06. The zero-order valence-corrected chi connectivity index (χ0v) is 15.0. The summed E-state index contributed by atoms with van der Waals surface area (Å²) < 4.78 is 33.6. The number of ketones is 1. The molecule has 7 heteroatoms. The van der Waals surface area contributed by atoms with E-state index in [0.717, 1.165) is 17.2 Å². The van der Waals surface area contributed by atoms with Crippen molar-refractivity contribution in [1.82, 2.24) is 0 Å². The third-order valence-electron chi connectivity index (χ3n) is 3.56. The first kappa shape index (κ1) is 18.7. The van der Waals surface area contributed by atoms with Crippen LogP contribution in [0.15, 0.2) is 47.4 Å². The Hall–Kier alpha value is -2.64. The van der Waals surface area contributed by atoms with E-state index in [9.17, 15) is 13.2 Å². The summed E-state index contributed by atoms with van der Waals surface area (Å²) in [5.74, 6) is -0.203. The van der Waals surface area contributed by atoms with Gasteiger partial charge in [-0.2, -0.15) is 0 Å². The minimum absolute atomic E-state index is 0.0124. The van der Waals surface area contributed by atoms with Crippen LogP contribution in [0.2, 0.25) is 0 Å². The van der Waals surface area contributed by atoms with Gasteiger partial charge in [0.25, 0.3) is 0 Å². The highest BCUT2D eigenvalue weighted by Gasteiger charge is 2.21. The molecule has 0 fully saturated rings. The number of ether oxygens (including phenoxy) is 2. The number of primary sulfonamides is 1. The van der Waals surface area contributed by atoms with Crippen molar-refractivity contribution >= 4 is 21.9 Å². The van der Waals surface area contributed by atoms with Crippen molar-refractivity contribution in [1.29, 1.82) is 0 Å². The van der Waals surface area contributed by atoms with Crippen LogP contribution < -0.4 is 14.6 Å². The molecule has 0 aliphatic heterocycles. The van der Waals surface area contributed by atoms with E-state index in [1.54, 1.807) is 6.08 Å². The molecular weight excluding hydrogens is 342 g/mol. The molecule has 0 saturated carbocycles. The number of hydrogen-bond acceptors (Lipinski definition) is 5. The lowest BCUT2D eigenvalue weighted by atomic mass is 10.1. The van der Waals surface area contributed by atoms with Gasteiger partial charge in [-0.05, 0) is 24.6 Å². The lowest BCUT2D eigenvalue weighted by molar-refractivity contribution is 0.104. The normalized spacial score (nSPS) is 11.5. The van der Waals surface area contributed by atoms with Gasteiger partial charge in [-0.1, -0.05) is 35.9 Å². The number of benzene rings is 2. The summed E-state index contributed by atoms with van der Waals surface area (Å²) in [4.78, 5) is 12.2. The van der Waals surface area contributed by atoms with Crippen molar-refractivity contribution in [3.8, 4) is 11.5 Å². The number of sulfonamides is 1. The fraction of sp³-hybridized carbons (Fsp3) is 0.167. The van der Waals surface area contributed by atoms with E-state index >= 15 is 0 Å². The molecular formula is C18H19NO5S. The van der Waals surface area contributed by atoms with E-state index in [-0.39, 0.29) is 22.0 Å². The second-order valence-corrected chi connectivity index (χ2v) is 6.89. The predicted octanol–water partition coefficient (Wildman–Crippen LogP) is 2.56. The topological polar surface area (TPSA) is 95.7 Å². The molecule has 0 radical (unpaired) electrons. The predicted molar refractivity (Wildman–Crippen MR) is 95.5 cm³/mol. The van der Waals surface area contributed by atoms with Crippen molar-refractivity contribution in [3.05, 3.63) is 59.2 Å². The van der Waals surface area contributed by atoms with Gasteiger partial charge in [0.05, 0.1) is 19.8 Å². The fourth-order valence-corrected chi connectivity index (χ4v) is 2.93. The number of methoxy groups -OCH3 is 2. The summed E-state index contributed by atoms with van der Waals surface area (Å²) in [6.07, 6.45) is 2.99. The fourth-order valence-electron chi connectivity index (χ4n) is 2.22. The molecule has 0 atom stereocenters. The van der Waals surface area contributed by atoms with Crippen LogP contribution in [0, 0.1) is 6.92 Å². The molecule has 0 aliphatic carbocycles. The summed E-state index contributed by atoms with van der Waals surface area (Å²) in [7, 11) is -1.37. The highest BCUT2D eigenvalue weighted by molar-refractivity contribution is 7.89. The van der Waals surface area contributed by atoms with E-state index < -0.39 is 15.8 Å². The summed E-state index contributed by atoms with van der Waals surface area (Å²) in [5, 5.41) is 5.19. The van der Waals surface area contributed by atoms with Gasteiger partial charge >= 0.3 is 0 Å². The molecule has 2 rings (SSSR count). The summed E-state index contributed by atoms with van der Waals surface area (Å²) >= 11 is 0. The quantitative estimate of drug-likeness (QED) is 0.630. The molecule has 2 aromatic rings. The van der Waals surface area contributed by atoms with Gasteiger partial charge in [-0.3, -0.25) is 4.79 Å². The average Bonchev–Trinajstić information content (AvgIpc) is 2.58. The molecule has 132 valence electrons. The van der Waals surface area contributed by atoms with Gasteiger partial charge in [0, 0.05) is 6.07 Å². The van der Waals surface area contributed by atoms with Gasteiger partial charge in [-0.15, -0.1) is 0 Å². The van der Waals surface area contributed by atoms with Crippen LogP contribution in [-0.2, 0) is 10.0 Å². The molecule has 2 aromatic carbocycles. The second kappa shape index (κ2) is 7.50. The molecule has 0 spiro atoms. The van der Waals surface area contributed by atoms with Crippen LogP contribution in [0.5, 0.6) is 11.5 Å². The van der Waals surface area contributed by atoms with E-state index in [0.29, 0.717) is 0 Å². The largest absolute Gasteiger partial charge is 0.496 e. The van der Waals surface area contributed by atoms with Crippen molar-refractivity contribution in [2.24, 2.45) is 5.14 Å². The summed E-state index contributed by atoms with van der Waals surface area (Å²) in [6.45, 7) is 1.97. The standard InChI is InChI=1S/C18H19NO5S/c1-12-4-6-13(7-5-12)8-9-15(20)14-10-18(25(19,21)22)17(24-3)11-16(14)23-2/h4-11H,1-3H3,(H2,19,21,22)/b9-8+. The van der Waals surface area contributed by atoms with E-state index in [2.05, 4.69) is 0 Å². The molecule has 0 saturated heterocycles. The Morgan fingerprint density at radius 3 is 2.16 bits per heavy atom. The van der Waals surface area contributed by atoms with Crippen molar-refractivity contribution < 1.29 is 22.7 Å². The molecule has 0 unspecified atom stereocenters. The van der Waals surface area contributed by atoms with Crippen LogP contribution in [-0.4, -0.2) is 28.4 Å². The zero-order chi connectivity index (χ0) is 18.6. The molecule has 0 bridgehead atoms. The Morgan fingerprint density at radius 2 is 1.64 bits per heavy atom. The van der Waals surface area contributed by atoms with Crippen LogP contribution in [0.3, 0.4) is 0 Å². The number of nitrogens with two attached hydrogens (primary N) is 1. The molecule has 0 aromatic heterocycles. The Balaban J connectivity index is 2.46. The zero-order valence-electron chi connectivity index (χ0n) is 14.1. The van der Waals surface area contributed by atoms with Crippen LogP contribution >= 0.6 is 0 Å². The average molecular weight is 361 g/mol. The Bertz CT molecular complexity index is 915. The minimum Gasteiger partial charge on any atom is -0.496 e. The number of hydrogen-bond donors (Lipinski definition) is 1. The maximum Gasteiger partial charge on any atom is 0.241 e. The van der Waals surface area contributed by atoms with Crippen molar-refractivity contribution in [2.45, 2.75) is 11.8 Å². The number of carbonyl (C=O) groups is 1. The molecule has 0 aliphatic rings. The maximum atomic E-state index is 12.5. The third kappa shape index (κ3) is 4.46. The SMILES string of the molecule is COc1cc(OC)c(S(N)(=O)=O)cc1C(=O)/C=C/c1ccc(C)cc1. The van der Waals surface area contributed by atoms with Gasteiger partial charge < -0.3 is 9.47 Å². The number of aryl methyl sites for hydroxylation is 1.